The first-order chi connectivity index (χ1) is 14.4. The first-order valence-electron chi connectivity index (χ1n) is 10.6. The standard InChI is InChI=1S/C20H28N4O4S2/c1-14-18(12-17(29-14)19-21-15(2)28-22-19)30(26,27)24-11-7-8-16(13-24)20(25)23-9-5-3-4-6-10-23/h12,16H,3-11,13H2,1-2H3/t16-/m0/s1. The largest absolute Gasteiger partial charge is 0.342 e. The van der Waals surface area contributed by atoms with Crippen LogP contribution in [0.5, 0.6) is 0 Å². The Balaban J connectivity index is 1.52. The second kappa shape index (κ2) is 8.76. The van der Waals surface area contributed by atoms with E-state index in [4.69, 9.17) is 4.52 Å². The van der Waals surface area contributed by atoms with Crippen molar-refractivity contribution >= 4 is 27.3 Å². The molecule has 0 spiro atoms. The summed E-state index contributed by atoms with van der Waals surface area (Å²) in [5.41, 5.74) is 0. The molecule has 4 heterocycles. The number of nitrogens with zero attached hydrogens (tertiary/aromatic N) is 4. The van der Waals surface area contributed by atoms with E-state index in [-0.39, 0.29) is 23.3 Å². The minimum Gasteiger partial charge on any atom is -0.342 e. The molecule has 4 rings (SSSR count). The zero-order valence-corrected chi connectivity index (χ0v) is 19.1. The van der Waals surface area contributed by atoms with Crippen molar-refractivity contribution in [3.63, 3.8) is 0 Å². The Labute approximate surface area is 181 Å². The highest BCUT2D eigenvalue weighted by atomic mass is 32.2. The molecule has 0 aromatic carbocycles. The molecule has 2 aliphatic rings. The van der Waals surface area contributed by atoms with Gasteiger partial charge in [0.15, 0.2) is 0 Å². The molecule has 30 heavy (non-hydrogen) atoms. The molecule has 10 heteroatoms. The average Bonchev–Trinajstić information content (AvgIpc) is 3.23. The van der Waals surface area contributed by atoms with Crippen molar-refractivity contribution in [1.29, 1.82) is 0 Å². The lowest BCUT2D eigenvalue weighted by atomic mass is 9.98. The highest BCUT2D eigenvalue weighted by molar-refractivity contribution is 7.89. The number of carbonyl (C=O) groups excluding carboxylic acids is 1. The SMILES string of the molecule is Cc1nc(-c2cc(S(=O)(=O)N3CCC[C@H](C(=O)N4CCCCCC4)C3)c(C)s2)no1. The first kappa shape index (κ1) is 21.5. The number of sulfonamides is 1. The van der Waals surface area contributed by atoms with Crippen molar-refractivity contribution in [2.75, 3.05) is 26.2 Å². The summed E-state index contributed by atoms with van der Waals surface area (Å²) >= 11 is 1.34. The van der Waals surface area contributed by atoms with Crippen LogP contribution in [0.3, 0.4) is 0 Å². The molecule has 8 nitrogen and oxygen atoms in total. The van der Waals surface area contributed by atoms with Crippen LogP contribution in [0.2, 0.25) is 0 Å². The number of aryl methyl sites for hydroxylation is 2. The van der Waals surface area contributed by atoms with E-state index in [2.05, 4.69) is 10.1 Å². The molecular weight excluding hydrogens is 424 g/mol. The van der Waals surface area contributed by atoms with Crippen molar-refractivity contribution < 1.29 is 17.7 Å². The maximum absolute atomic E-state index is 13.4. The van der Waals surface area contributed by atoms with Crippen LogP contribution in [0.4, 0.5) is 0 Å². The predicted octanol–water partition coefficient (Wildman–Crippen LogP) is 3.22. The fourth-order valence-corrected chi connectivity index (χ4v) is 7.29. The lowest BCUT2D eigenvalue weighted by Gasteiger charge is -2.34. The second-order valence-electron chi connectivity index (χ2n) is 8.11. The van der Waals surface area contributed by atoms with Gasteiger partial charge in [0.05, 0.1) is 15.7 Å². The number of hydrogen-bond donors (Lipinski definition) is 0. The summed E-state index contributed by atoms with van der Waals surface area (Å²) in [4.78, 5) is 20.8. The van der Waals surface area contributed by atoms with Crippen LogP contribution in [0.1, 0.15) is 49.3 Å². The minimum absolute atomic E-state index is 0.113. The highest BCUT2D eigenvalue weighted by Crippen LogP contribution is 2.35. The van der Waals surface area contributed by atoms with E-state index < -0.39 is 10.0 Å². The molecule has 2 saturated heterocycles. The van der Waals surface area contributed by atoms with Crippen molar-refractivity contribution in [3.8, 4) is 10.7 Å². The highest BCUT2D eigenvalue weighted by Gasteiger charge is 2.36. The molecule has 2 aromatic heterocycles. The van der Waals surface area contributed by atoms with Gasteiger partial charge in [-0.1, -0.05) is 18.0 Å². The van der Waals surface area contributed by atoms with Gasteiger partial charge in [0.2, 0.25) is 27.6 Å². The fraction of sp³-hybridized carbons (Fsp3) is 0.650. The number of rotatable bonds is 4. The van der Waals surface area contributed by atoms with E-state index in [1.807, 2.05) is 4.90 Å². The van der Waals surface area contributed by atoms with E-state index >= 15 is 0 Å². The summed E-state index contributed by atoms with van der Waals surface area (Å²) < 4.78 is 33.3. The Morgan fingerprint density at radius 1 is 1.13 bits per heavy atom. The second-order valence-corrected chi connectivity index (χ2v) is 11.3. The fourth-order valence-electron chi connectivity index (χ4n) is 4.28. The number of hydrogen-bond acceptors (Lipinski definition) is 7. The summed E-state index contributed by atoms with van der Waals surface area (Å²) in [6.07, 6.45) is 5.84. The molecule has 0 bridgehead atoms. The third kappa shape index (κ3) is 4.31. The lowest BCUT2D eigenvalue weighted by molar-refractivity contribution is -0.136. The zero-order valence-electron chi connectivity index (χ0n) is 17.5. The molecule has 0 radical (unpaired) electrons. The lowest BCUT2D eigenvalue weighted by Crippen LogP contribution is -2.47. The van der Waals surface area contributed by atoms with Crippen molar-refractivity contribution in [2.45, 2.75) is 57.3 Å². The molecule has 0 aliphatic carbocycles. The monoisotopic (exact) mass is 452 g/mol. The van der Waals surface area contributed by atoms with Gasteiger partial charge in [-0.2, -0.15) is 9.29 Å². The molecule has 0 N–H and O–H groups in total. The van der Waals surface area contributed by atoms with Crippen molar-refractivity contribution in [1.82, 2.24) is 19.3 Å². The molecule has 2 aromatic rings. The molecular formula is C20H28N4O4S2. The number of thiophene rings is 1. The van der Waals surface area contributed by atoms with Crippen LogP contribution in [0.15, 0.2) is 15.5 Å². The molecule has 164 valence electrons. The van der Waals surface area contributed by atoms with Crippen LogP contribution >= 0.6 is 11.3 Å². The summed E-state index contributed by atoms with van der Waals surface area (Å²) in [5.74, 6) is 0.688. The van der Waals surface area contributed by atoms with Crippen LogP contribution in [0.25, 0.3) is 10.7 Å². The molecule has 0 unspecified atom stereocenters. The first-order valence-corrected chi connectivity index (χ1v) is 12.8. The summed E-state index contributed by atoms with van der Waals surface area (Å²) in [6.45, 7) is 5.77. The summed E-state index contributed by atoms with van der Waals surface area (Å²) in [5, 5.41) is 3.90. The van der Waals surface area contributed by atoms with Crippen LogP contribution in [-0.4, -0.2) is 59.8 Å². The van der Waals surface area contributed by atoms with E-state index in [1.54, 1.807) is 19.9 Å². The smallest absolute Gasteiger partial charge is 0.244 e. The number of aromatic nitrogens is 2. The predicted molar refractivity (Wildman–Crippen MR) is 114 cm³/mol. The quantitative estimate of drug-likeness (QED) is 0.707. The van der Waals surface area contributed by atoms with Crippen LogP contribution in [0, 0.1) is 19.8 Å². The van der Waals surface area contributed by atoms with E-state index in [0.717, 1.165) is 45.2 Å². The molecule has 1 atom stereocenters. The normalized spacial score (nSPS) is 21.5. The van der Waals surface area contributed by atoms with Gasteiger partial charge in [0, 0.05) is 38.0 Å². The summed E-state index contributed by atoms with van der Waals surface area (Å²) in [7, 11) is -3.69. The van der Waals surface area contributed by atoms with Crippen molar-refractivity contribution in [3.05, 3.63) is 16.8 Å². The Hall–Kier alpha value is -1.78. The van der Waals surface area contributed by atoms with Crippen molar-refractivity contribution in [2.24, 2.45) is 5.92 Å². The van der Waals surface area contributed by atoms with Gasteiger partial charge >= 0.3 is 0 Å². The number of carbonyl (C=O) groups is 1. The molecule has 2 fully saturated rings. The van der Waals surface area contributed by atoms with Crippen LogP contribution in [-0.2, 0) is 14.8 Å². The van der Waals surface area contributed by atoms with E-state index in [1.165, 1.54) is 15.6 Å². The Morgan fingerprint density at radius 3 is 2.53 bits per heavy atom. The summed E-state index contributed by atoms with van der Waals surface area (Å²) in [6, 6.07) is 1.62. The maximum Gasteiger partial charge on any atom is 0.244 e. The average molecular weight is 453 g/mol. The van der Waals surface area contributed by atoms with Gasteiger partial charge in [-0.15, -0.1) is 11.3 Å². The third-order valence-electron chi connectivity index (χ3n) is 5.89. The number of piperidine rings is 1. The topological polar surface area (TPSA) is 96.6 Å². The Kier molecular flexibility index (Phi) is 6.26. The van der Waals surface area contributed by atoms with E-state index in [0.29, 0.717) is 34.4 Å². The maximum atomic E-state index is 13.4. The number of amides is 1. The zero-order chi connectivity index (χ0) is 21.3. The van der Waals surface area contributed by atoms with Gasteiger partial charge in [0.25, 0.3) is 0 Å². The van der Waals surface area contributed by atoms with Crippen LogP contribution < -0.4 is 0 Å². The molecule has 1 amide bonds. The Morgan fingerprint density at radius 2 is 1.87 bits per heavy atom. The minimum atomic E-state index is -3.69. The van der Waals surface area contributed by atoms with Gasteiger partial charge in [0.1, 0.15) is 0 Å². The Bertz CT molecular complexity index is 1010. The molecule has 0 saturated carbocycles. The third-order valence-corrected chi connectivity index (χ3v) is 9.06. The van der Waals surface area contributed by atoms with Gasteiger partial charge in [-0.05, 0) is 38.7 Å². The molecule has 2 aliphatic heterocycles. The van der Waals surface area contributed by atoms with E-state index in [9.17, 15) is 13.2 Å². The van der Waals surface area contributed by atoms with Gasteiger partial charge in [-0.25, -0.2) is 8.42 Å². The number of likely N-dealkylation sites (tertiary alicyclic amines) is 1. The van der Waals surface area contributed by atoms with Gasteiger partial charge < -0.3 is 9.42 Å². The van der Waals surface area contributed by atoms with Gasteiger partial charge in [-0.3, -0.25) is 4.79 Å².